The van der Waals surface area contributed by atoms with Crippen LogP contribution in [0.15, 0.2) is 41.4 Å². The van der Waals surface area contributed by atoms with Crippen molar-refractivity contribution in [3.63, 3.8) is 0 Å². The molecule has 1 aromatic carbocycles. The van der Waals surface area contributed by atoms with Gasteiger partial charge in [-0.3, -0.25) is 14.8 Å². The van der Waals surface area contributed by atoms with Gasteiger partial charge in [0.1, 0.15) is 5.82 Å². The highest BCUT2D eigenvalue weighted by atomic mass is 32.2. The number of fused-ring (bicyclic) bond motifs is 1. The Balaban J connectivity index is 2.00. The zero-order valence-corrected chi connectivity index (χ0v) is 13.6. The first kappa shape index (κ1) is 15.9. The Morgan fingerprint density at radius 3 is 2.67 bits per heavy atom. The van der Waals surface area contributed by atoms with Crippen molar-refractivity contribution in [1.29, 1.82) is 0 Å². The maximum Gasteiger partial charge on any atom is 0.270 e. The van der Waals surface area contributed by atoms with Gasteiger partial charge in [0.15, 0.2) is 5.65 Å². The molecule has 0 saturated carbocycles. The van der Waals surface area contributed by atoms with Crippen LogP contribution in [0.3, 0.4) is 0 Å². The van der Waals surface area contributed by atoms with Gasteiger partial charge < -0.3 is 0 Å². The van der Waals surface area contributed by atoms with Gasteiger partial charge in [-0.1, -0.05) is 6.07 Å². The molecular weight excluding hydrogens is 334 g/mol. The molecule has 0 fully saturated rings. The zero-order chi connectivity index (χ0) is 17.5. The molecule has 0 aliphatic heterocycles. The van der Waals surface area contributed by atoms with Crippen molar-refractivity contribution < 1.29 is 13.3 Å². The van der Waals surface area contributed by atoms with Gasteiger partial charge in [-0.25, -0.2) is 17.9 Å². The molecular formula is C14H13N5O4S. The van der Waals surface area contributed by atoms with E-state index < -0.39 is 14.9 Å². The molecule has 124 valence electrons. The first-order valence-corrected chi connectivity index (χ1v) is 8.35. The second-order valence-electron chi connectivity index (χ2n) is 5.19. The van der Waals surface area contributed by atoms with Gasteiger partial charge in [-0.05, 0) is 31.5 Å². The monoisotopic (exact) mass is 347 g/mol. The van der Waals surface area contributed by atoms with Crippen LogP contribution in [-0.2, 0) is 10.0 Å². The van der Waals surface area contributed by atoms with E-state index in [2.05, 4.69) is 14.8 Å². The lowest BCUT2D eigenvalue weighted by molar-refractivity contribution is -0.385. The first-order valence-electron chi connectivity index (χ1n) is 6.87. The molecule has 0 amide bonds. The largest absolute Gasteiger partial charge is 0.278 e. The molecule has 10 heteroatoms. The van der Waals surface area contributed by atoms with Crippen LogP contribution >= 0.6 is 0 Å². The van der Waals surface area contributed by atoms with E-state index in [9.17, 15) is 18.5 Å². The summed E-state index contributed by atoms with van der Waals surface area (Å²) in [5.74, 6) is 0.560. The minimum Gasteiger partial charge on any atom is -0.278 e. The van der Waals surface area contributed by atoms with E-state index in [1.54, 1.807) is 26.0 Å². The van der Waals surface area contributed by atoms with Crippen LogP contribution in [0.25, 0.3) is 5.65 Å². The van der Waals surface area contributed by atoms with Gasteiger partial charge in [0.25, 0.3) is 15.7 Å². The van der Waals surface area contributed by atoms with E-state index in [-0.39, 0.29) is 16.3 Å². The summed E-state index contributed by atoms with van der Waals surface area (Å²) in [5, 5.41) is 15.0. The number of nitrogens with zero attached hydrogens (tertiary/aromatic N) is 4. The number of hydrogen-bond acceptors (Lipinski definition) is 6. The maximum atomic E-state index is 12.6. The van der Waals surface area contributed by atoms with Crippen LogP contribution in [0, 0.1) is 24.0 Å². The summed E-state index contributed by atoms with van der Waals surface area (Å²) in [5.41, 5.74) is 0.981. The highest BCUT2D eigenvalue weighted by Crippen LogP contribution is 2.24. The van der Waals surface area contributed by atoms with Gasteiger partial charge in [0.05, 0.1) is 21.7 Å². The highest BCUT2D eigenvalue weighted by Gasteiger charge is 2.21. The molecule has 1 N–H and O–H groups in total. The quantitative estimate of drug-likeness (QED) is 0.570. The maximum absolute atomic E-state index is 12.6. The van der Waals surface area contributed by atoms with Crippen molar-refractivity contribution in [1.82, 2.24) is 14.6 Å². The van der Waals surface area contributed by atoms with E-state index in [1.165, 1.54) is 22.8 Å². The number of nitrogens with one attached hydrogen (secondary N) is 1. The van der Waals surface area contributed by atoms with Crippen molar-refractivity contribution in [2.75, 3.05) is 4.72 Å². The predicted molar refractivity (Wildman–Crippen MR) is 86.4 cm³/mol. The normalized spacial score (nSPS) is 11.6. The van der Waals surface area contributed by atoms with E-state index in [4.69, 9.17) is 0 Å². The molecule has 0 saturated heterocycles. The molecule has 0 atom stereocenters. The van der Waals surface area contributed by atoms with Crippen LogP contribution in [0.1, 0.15) is 11.4 Å². The lowest BCUT2D eigenvalue weighted by atomic mass is 10.2. The Labute approximate surface area is 137 Å². The van der Waals surface area contributed by atoms with Crippen molar-refractivity contribution in [3.8, 4) is 0 Å². The molecule has 24 heavy (non-hydrogen) atoms. The third-order valence-corrected chi connectivity index (χ3v) is 4.88. The number of pyridine rings is 1. The fourth-order valence-electron chi connectivity index (χ4n) is 2.26. The van der Waals surface area contributed by atoms with Crippen molar-refractivity contribution in [3.05, 3.63) is 58.0 Å². The lowest BCUT2D eigenvalue weighted by Gasteiger charge is -2.10. The van der Waals surface area contributed by atoms with Crippen LogP contribution in [0.2, 0.25) is 0 Å². The number of non-ortho nitro benzene ring substituents is 1. The van der Waals surface area contributed by atoms with Crippen LogP contribution in [0.4, 0.5) is 11.4 Å². The summed E-state index contributed by atoms with van der Waals surface area (Å²) in [6.07, 6.45) is 1.49. The zero-order valence-electron chi connectivity index (χ0n) is 12.8. The summed E-state index contributed by atoms with van der Waals surface area (Å²) in [4.78, 5) is 14.2. The van der Waals surface area contributed by atoms with Gasteiger partial charge in [-0.2, -0.15) is 5.10 Å². The minimum atomic E-state index is -3.98. The number of benzene rings is 1. The van der Waals surface area contributed by atoms with Crippen LogP contribution in [-0.4, -0.2) is 27.9 Å². The van der Waals surface area contributed by atoms with Gasteiger partial charge in [0, 0.05) is 12.1 Å². The molecule has 3 rings (SSSR count). The topological polar surface area (TPSA) is 120 Å². The van der Waals surface area contributed by atoms with Crippen LogP contribution < -0.4 is 4.72 Å². The number of nitro benzene ring substituents is 1. The highest BCUT2D eigenvalue weighted by molar-refractivity contribution is 7.92. The van der Waals surface area contributed by atoms with Gasteiger partial charge in [-0.15, -0.1) is 0 Å². The van der Waals surface area contributed by atoms with Crippen molar-refractivity contribution in [2.45, 2.75) is 18.7 Å². The average Bonchev–Trinajstić information content (AvgIpc) is 2.86. The third kappa shape index (κ3) is 2.91. The summed E-state index contributed by atoms with van der Waals surface area (Å²) in [6.45, 7) is 3.30. The Kier molecular flexibility index (Phi) is 3.68. The Morgan fingerprint density at radius 2 is 1.96 bits per heavy atom. The van der Waals surface area contributed by atoms with Gasteiger partial charge in [0.2, 0.25) is 0 Å². The summed E-state index contributed by atoms with van der Waals surface area (Å²) in [6, 6.07) is 6.87. The minimum absolute atomic E-state index is 0.147. The number of hydrogen-bond donors (Lipinski definition) is 1. The van der Waals surface area contributed by atoms with Gasteiger partial charge >= 0.3 is 0 Å². The molecule has 0 unspecified atom stereocenters. The number of aromatic nitrogens is 3. The molecule has 0 aliphatic rings. The smallest absolute Gasteiger partial charge is 0.270 e. The molecule has 9 nitrogen and oxygen atoms in total. The number of rotatable bonds is 4. The SMILES string of the molecule is Cc1nc2ccc(NS(=O)(=O)c3cc([N+](=O)[O-])ccc3C)cn2n1. The molecule has 0 bridgehead atoms. The number of nitro groups is 1. The lowest BCUT2D eigenvalue weighted by Crippen LogP contribution is -2.15. The average molecular weight is 347 g/mol. The standard InChI is InChI=1S/C14H13N5O4S/c1-9-3-5-12(19(20)21)7-13(9)24(22,23)17-11-4-6-14-15-10(2)16-18(14)8-11/h3-8,17H,1-2H3. The first-order chi connectivity index (χ1) is 11.3. The van der Waals surface area contributed by atoms with E-state index in [1.807, 2.05) is 0 Å². The molecule has 2 aromatic heterocycles. The Morgan fingerprint density at radius 1 is 1.21 bits per heavy atom. The second kappa shape index (κ2) is 5.57. The molecule has 2 heterocycles. The predicted octanol–water partition coefficient (Wildman–Crippen LogP) is 2.06. The fraction of sp³-hybridized carbons (Fsp3) is 0.143. The number of sulfonamides is 1. The molecule has 0 aliphatic carbocycles. The number of anilines is 1. The van der Waals surface area contributed by atoms with Crippen molar-refractivity contribution >= 4 is 27.0 Å². The fourth-order valence-corrected chi connectivity index (χ4v) is 3.57. The number of aryl methyl sites for hydroxylation is 2. The Bertz CT molecular complexity index is 1060. The molecule has 0 spiro atoms. The third-order valence-electron chi connectivity index (χ3n) is 3.36. The van der Waals surface area contributed by atoms with E-state index in [0.717, 1.165) is 6.07 Å². The van der Waals surface area contributed by atoms with E-state index >= 15 is 0 Å². The summed E-state index contributed by atoms with van der Waals surface area (Å²) >= 11 is 0. The molecule has 3 aromatic rings. The Hall–Kier alpha value is -3.01. The van der Waals surface area contributed by atoms with Crippen molar-refractivity contribution in [2.24, 2.45) is 0 Å². The summed E-state index contributed by atoms with van der Waals surface area (Å²) < 4.78 is 29.0. The van der Waals surface area contributed by atoms with Crippen LogP contribution in [0.5, 0.6) is 0 Å². The molecule has 0 radical (unpaired) electrons. The summed E-state index contributed by atoms with van der Waals surface area (Å²) in [7, 11) is -3.98. The van der Waals surface area contributed by atoms with E-state index in [0.29, 0.717) is 17.0 Å². The second-order valence-corrected chi connectivity index (χ2v) is 6.84.